The van der Waals surface area contributed by atoms with Crippen LogP contribution in [0.4, 0.5) is 0 Å². The lowest BCUT2D eigenvalue weighted by Gasteiger charge is -2.16. The molecule has 0 radical (unpaired) electrons. The molecule has 0 N–H and O–H groups in total. The Kier molecular flexibility index (Phi) is 3.00. The first-order valence-corrected chi connectivity index (χ1v) is 6.13. The van der Waals surface area contributed by atoms with Crippen molar-refractivity contribution < 1.29 is 0 Å². The first kappa shape index (κ1) is 12.4. The van der Waals surface area contributed by atoms with Gasteiger partial charge in [-0.3, -0.25) is 0 Å². The molecule has 18 heavy (non-hydrogen) atoms. The molecule has 0 unspecified atom stereocenters. The summed E-state index contributed by atoms with van der Waals surface area (Å²) in [6.45, 7) is 8.08. The number of hydrogen-bond donors (Lipinski definition) is 0. The van der Waals surface area contributed by atoms with Crippen LogP contribution < -0.4 is 0 Å². The maximum atomic E-state index is 9.28. The summed E-state index contributed by atoms with van der Waals surface area (Å²) in [4.78, 5) is 0. The first-order valence-electron chi connectivity index (χ1n) is 6.13. The minimum absolute atomic E-state index is 0.450. The molecule has 0 aliphatic rings. The second kappa shape index (κ2) is 4.34. The lowest BCUT2D eigenvalue weighted by molar-refractivity contribution is 0.679. The smallest absolute Gasteiger partial charge is 0.0783 e. The van der Waals surface area contributed by atoms with Crippen LogP contribution in [0.1, 0.15) is 30.8 Å². The summed E-state index contributed by atoms with van der Waals surface area (Å²) in [6, 6.07) is 14.7. The zero-order valence-electron chi connectivity index (χ0n) is 11.4. The van der Waals surface area contributed by atoms with Crippen LogP contribution in [-0.4, -0.2) is 4.57 Å². The zero-order valence-corrected chi connectivity index (χ0v) is 11.4. The number of aromatic nitrogens is 1. The number of rotatable bonds is 2. The highest BCUT2D eigenvalue weighted by atomic mass is 15.0. The van der Waals surface area contributed by atoms with Gasteiger partial charge in [0.05, 0.1) is 11.5 Å². The Balaban J connectivity index is 2.63. The molecule has 2 nitrogen and oxygen atoms in total. The van der Waals surface area contributed by atoms with Crippen molar-refractivity contribution in [3.63, 3.8) is 0 Å². The van der Waals surface area contributed by atoms with E-state index in [4.69, 9.17) is 0 Å². The second-order valence-corrected chi connectivity index (χ2v) is 5.19. The van der Waals surface area contributed by atoms with Gasteiger partial charge >= 0.3 is 0 Å². The molecule has 2 heteroatoms. The van der Waals surface area contributed by atoms with Crippen molar-refractivity contribution in [3.8, 4) is 11.8 Å². The Bertz CT molecular complexity index is 598. The third-order valence-corrected chi connectivity index (χ3v) is 3.40. The lowest BCUT2D eigenvalue weighted by Crippen LogP contribution is -2.15. The number of para-hydroxylation sites is 1. The average molecular weight is 238 g/mol. The number of hydrogen-bond acceptors (Lipinski definition) is 1. The van der Waals surface area contributed by atoms with Gasteiger partial charge in [-0.2, -0.15) is 5.26 Å². The molecule has 2 rings (SSSR count). The van der Waals surface area contributed by atoms with E-state index in [1.807, 2.05) is 32.0 Å². The highest BCUT2D eigenvalue weighted by Gasteiger charge is 2.25. The van der Waals surface area contributed by atoms with Crippen molar-refractivity contribution >= 4 is 0 Å². The van der Waals surface area contributed by atoms with Gasteiger partial charge < -0.3 is 4.57 Å². The maximum Gasteiger partial charge on any atom is 0.0783 e. The molecule has 0 bridgehead atoms. The van der Waals surface area contributed by atoms with Crippen LogP contribution in [0.3, 0.4) is 0 Å². The molecule has 0 spiro atoms. The average Bonchev–Trinajstić information content (AvgIpc) is 2.67. The molecule has 0 fully saturated rings. The van der Waals surface area contributed by atoms with E-state index >= 15 is 0 Å². The molecule has 0 saturated carbocycles. The van der Waals surface area contributed by atoms with Gasteiger partial charge in [0.2, 0.25) is 0 Å². The molecule has 1 heterocycles. The summed E-state index contributed by atoms with van der Waals surface area (Å²) >= 11 is 0. The molecule has 1 aromatic heterocycles. The minimum Gasteiger partial charge on any atom is -0.318 e. The Labute approximate surface area is 108 Å². The quantitative estimate of drug-likeness (QED) is 0.780. The number of nitriles is 1. The first-order chi connectivity index (χ1) is 8.47. The second-order valence-electron chi connectivity index (χ2n) is 5.19. The summed E-state index contributed by atoms with van der Waals surface area (Å²) in [5.41, 5.74) is 4.11. The summed E-state index contributed by atoms with van der Waals surface area (Å²) in [5, 5.41) is 9.28. The van der Waals surface area contributed by atoms with E-state index in [0.29, 0.717) is 0 Å². The van der Waals surface area contributed by atoms with Crippen molar-refractivity contribution in [2.24, 2.45) is 0 Å². The largest absolute Gasteiger partial charge is 0.318 e. The summed E-state index contributed by atoms with van der Waals surface area (Å²) < 4.78 is 2.20. The highest BCUT2D eigenvalue weighted by Crippen LogP contribution is 2.30. The summed E-state index contributed by atoms with van der Waals surface area (Å²) in [7, 11) is 0. The van der Waals surface area contributed by atoms with Crippen molar-refractivity contribution in [2.45, 2.75) is 33.1 Å². The van der Waals surface area contributed by atoms with E-state index in [1.54, 1.807) is 0 Å². The molecule has 2 aromatic rings. The fourth-order valence-electron chi connectivity index (χ4n) is 2.43. The van der Waals surface area contributed by atoms with Gasteiger partial charge in [0.25, 0.3) is 0 Å². The maximum absolute atomic E-state index is 9.28. The third kappa shape index (κ3) is 1.93. The van der Waals surface area contributed by atoms with Crippen LogP contribution in [0.25, 0.3) is 5.69 Å². The van der Waals surface area contributed by atoms with Crippen molar-refractivity contribution in [1.82, 2.24) is 4.57 Å². The summed E-state index contributed by atoms with van der Waals surface area (Å²) in [6.07, 6.45) is 0. The van der Waals surface area contributed by atoms with E-state index < -0.39 is 5.41 Å². The minimum atomic E-state index is -0.450. The van der Waals surface area contributed by atoms with Crippen LogP contribution in [0, 0.1) is 25.2 Å². The Morgan fingerprint density at radius 3 is 2.28 bits per heavy atom. The molecule has 92 valence electrons. The van der Waals surface area contributed by atoms with E-state index in [0.717, 1.165) is 22.6 Å². The van der Waals surface area contributed by atoms with Gasteiger partial charge in [-0.25, -0.2) is 0 Å². The number of benzene rings is 1. The van der Waals surface area contributed by atoms with Crippen LogP contribution in [-0.2, 0) is 5.41 Å². The van der Waals surface area contributed by atoms with Crippen molar-refractivity contribution in [1.29, 1.82) is 5.26 Å². The molecule has 1 aromatic carbocycles. The van der Waals surface area contributed by atoms with E-state index in [2.05, 4.69) is 42.7 Å². The molecule has 0 aliphatic heterocycles. The standard InChI is InChI=1S/C16H18N2/c1-12-10-15(16(3,4)11-17)13(2)18(12)14-8-6-5-7-9-14/h5-10H,1-4H3. The van der Waals surface area contributed by atoms with Crippen LogP contribution >= 0.6 is 0 Å². The number of aryl methyl sites for hydroxylation is 1. The fourth-order valence-corrected chi connectivity index (χ4v) is 2.43. The number of nitrogens with zero attached hydrogens (tertiary/aromatic N) is 2. The molecular formula is C16H18N2. The van der Waals surface area contributed by atoms with Gasteiger partial charge in [0.15, 0.2) is 0 Å². The van der Waals surface area contributed by atoms with Gasteiger partial charge in [-0.05, 0) is 51.5 Å². The molecule has 0 aliphatic carbocycles. The Morgan fingerprint density at radius 1 is 1.11 bits per heavy atom. The molecule has 0 atom stereocenters. The van der Waals surface area contributed by atoms with Crippen LogP contribution in [0.5, 0.6) is 0 Å². The van der Waals surface area contributed by atoms with Crippen LogP contribution in [0.15, 0.2) is 36.4 Å². The van der Waals surface area contributed by atoms with Crippen molar-refractivity contribution in [2.75, 3.05) is 0 Å². The normalized spacial score (nSPS) is 11.3. The SMILES string of the molecule is Cc1cc(C(C)(C)C#N)c(C)n1-c1ccccc1. The monoisotopic (exact) mass is 238 g/mol. The van der Waals surface area contributed by atoms with Crippen molar-refractivity contribution in [3.05, 3.63) is 53.3 Å². The van der Waals surface area contributed by atoms with Gasteiger partial charge in [-0.15, -0.1) is 0 Å². The Hall–Kier alpha value is -2.01. The highest BCUT2D eigenvalue weighted by molar-refractivity contribution is 5.45. The topological polar surface area (TPSA) is 28.7 Å². The predicted molar refractivity (Wildman–Crippen MR) is 73.9 cm³/mol. The zero-order chi connectivity index (χ0) is 13.3. The van der Waals surface area contributed by atoms with Gasteiger partial charge in [0.1, 0.15) is 0 Å². The molecule has 0 saturated heterocycles. The van der Waals surface area contributed by atoms with Gasteiger partial charge in [-0.1, -0.05) is 18.2 Å². The molecular weight excluding hydrogens is 220 g/mol. The van der Waals surface area contributed by atoms with E-state index in [9.17, 15) is 5.26 Å². The van der Waals surface area contributed by atoms with E-state index in [-0.39, 0.29) is 0 Å². The third-order valence-electron chi connectivity index (χ3n) is 3.40. The lowest BCUT2D eigenvalue weighted by atomic mass is 9.86. The fraction of sp³-hybridized carbons (Fsp3) is 0.312. The van der Waals surface area contributed by atoms with Gasteiger partial charge in [0, 0.05) is 17.1 Å². The van der Waals surface area contributed by atoms with E-state index in [1.165, 1.54) is 0 Å². The Morgan fingerprint density at radius 2 is 1.72 bits per heavy atom. The summed E-state index contributed by atoms with van der Waals surface area (Å²) in [5.74, 6) is 0. The molecule has 0 amide bonds. The van der Waals surface area contributed by atoms with Crippen LogP contribution in [0.2, 0.25) is 0 Å². The predicted octanol–water partition coefficient (Wildman–Crippen LogP) is 3.90.